The lowest BCUT2D eigenvalue weighted by molar-refractivity contribution is -0.125. The number of aromatic nitrogens is 6. The van der Waals surface area contributed by atoms with Crippen LogP contribution >= 0.6 is 0 Å². The molecule has 2 fully saturated rings. The first-order chi connectivity index (χ1) is 30.8. The molecule has 4 aromatic heterocycles. The molecular weight excluding hydrogens is 816 g/mol. The van der Waals surface area contributed by atoms with Gasteiger partial charge in [-0.3, -0.25) is 24.6 Å². The number of hydrogen-bond acceptors (Lipinski definition) is 13. The molecule has 17 heteroatoms. The van der Waals surface area contributed by atoms with Gasteiger partial charge in [-0.05, 0) is 74.2 Å². The Labute approximate surface area is 371 Å². The second-order valence-electron chi connectivity index (χ2n) is 17.8. The molecule has 1 unspecified atom stereocenters. The Kier molecular flexibility index (Phi) is 13.0. The van der Waals surface area contributed by atoms with Crippen molar-refractivity contribution in [2.75, 3.05) is 67.6 Å². The highest BCUT2D eigenvalue weighted by molar-refractivity contribution is 5.94. The van der Waals surface area contributed by atoms with Crippen LogP contribution in [0.4, 0.5) is 21.6 Å². The summed E-state index contributed by atoms with van der Waals surface area (Å²) in [6.45, 7) is 14.5. The van der Waals surface area contributed by atoms with Crippen molar-refractivity contribution >= 4 is 46.5 Å². The molecule has 0 saturated carbocycles. The van der Waals surface area contributed by atoms with E-state index in [1.54, 1.807) is 12.1 Å². The van der Waals surface area contributed by atoms with Gasteiger partial charge in [-0.15, -0.1) is 0 Å². The number of anilines is 3. The molecule has 3 N–H and O–H groups in total. The number of carbonyl (C=O) groups is 3. The van der Waals surface area contributed by atoms with E-state index in [9.17, 15) is 14.4 Å². The Bertz CT molecular complexity index is 2580. The quantitative estimate of drug-likeness (QED) is 0.109. The Balaban J connectivity index is 0.823. The molecule has 64 heavy (non-hydrogen) atoms. The predicted molar refractivity (Wildman–Crippen MR) is 243 cm³/mol. The maximum absolute atomic E-state index is 15.4. The number of piperazine rings is 1. The Morgan fingerprint density at radius 3 is 2.45 bits per heavy atom. The third-order valence-electron chi connectivity index (χ3n) is 12.2. The fourth-order valence-corrected chi connectivity index (χ4v) is 8.48. The summed E-state index contributed by atoms with van der Waals surface area (Å²) < 4.78 is 20.5. The van der Waals surface area contributed by atoms with Crippen molar-refractivity contribution in [2.24, 2.45) is 5.92 Å². The van der Waals surface area contributed by atoms with E-state index in [0.717, 1.165) is 80.3 Å². The summed E-state index contributed by atoms with van der Waals surface area (Å²) >= 11 is 0. The van der Waals surface area contributed by atoms with Gasteiger partial charge in [0.15, 0.2) is 5.82 Å². The van der Waals surface area contributed by atoms with Gasteiger partial charge in [0.1, 0.15) is 23.6 Å². The molecule has 6 heterocycles. The highest BCUT2D eigenvalue weighted by Gasteiger charge is 2.29. The zero-order valence-corrected chi connectivity index (χ0v) is 37.0. The number of benzene rings is 2. The minimum atomic E-state index is -0.575. The average Bonchev–Trinajstić information content (AvgIpc) is 3.98. The fourth-order valence-electron chi connectivity index (χ4n) is 8.48. The van der Waals surface area contributed by atoms with E-state index >= 15 is 4.39 Å². The number of nitrogens with one attached hydrogen (secondary N) is 3. The van der Waals surface area contributed by atoms with Crippen LogP contribution in [0.2, 0.25) is 0 Å². The van der Waals surface area contributed by atoms with Gasteiger partial charge in [0.2, 0.25) is 12.3 Å². The molecule has 0 bridgehead atoms. The van der Waals surface area contributed by atoms with Gasteiger partial charge in [-0.2, -0.15) is 4.98 Å². The van der Waals surface area contributed by atoms with E-state index in [0.29, 0.717) is 53.2 Å². The number of aromatic amines is 1. The fraction of sp³-hybridized carbons (Fsp3) is 0.404. The van der Waals surface area contributed by atoms with Crippen molar-refractivity contribution in [2.45, 2.75) is 65.0 Å². The van der Waals surface area contributed by atoms with Crippen molar-refractivity contribution in [3.05, 3.63) is 96.3 Å². The minimum absolute atomic E-state index is 0.0568. The first-order valence-electron chi connectivity index (χ1n) is 21.8. The number of rotatable bonds is 14. The molecule has 3 amide bonds. The van der Waals surface area contributed by atoms with Crippen LogP contribution in [0, 0.1) is 11.7 Å². The number of fused-ring (bicyclic) bond motifs is 1. The molecule has 2 aliphatic heterocycles. The van der Waals surface area contributed by atoms with Crippen LogP contribution in [0.3, 0.4) is 0 Å². The molecule has 334 valence electrons. The topological polar surface area (TPSA) is 182 Å². The molecule has 6 aromatic rings. The maximum atomic E-state index is 15.4. The normalized spacial score (nSPS) is 16.2. The summed E-state index contributed by atoms with van der Waals surface area (Å²) in [5, 5.41) is 9.48. The molecule has 0 spiro atoms. The third-order valence-corrected chi connectivity index (χ3v) is 12.2. The van der Waals surface area contributed by atoms with Crippen molar-refractivity contribution in [3.63, 3.8) is 0 Å². The standard InChI is InChI=1S/C47H55FN12O4/c1-30-26-58(27-31-14-18-59(19-15-31)36-11-9-35(10-12-36)57(5)17-16-41(62)53-29-61)20-21-60(30)40-13-8-34(25-49-40)39-23-37-42(51-28-52-43(37)54-39)32-6-7-33(38(48)22-32)24-50-44(63)45-55-46(56-64-45)47(2,3)4/h6-13,22-23,25,28-31H,14-21,24,26-27H2,1-5H3,(H,50,63)(H,51,52,54)(H,53,61,62). The Morgan fingerprint density at radius 1 is 0.984 bits per heavy atom. The van der Waals surface area contributed by atoms with Gasteiger partial charge in [0.25, 0.3) is 0 Å². The number of halogens is 1. The van der Waals surface area contributed by atoms with Crippen LogP contribution in [0.1, 0.15) is 69.0 Å². The lowest BCUT2D eigenvalue weighted by Gasteiger charge is -2.43. The van der Waals surface area contributed by atoms with Gasteiger partial charge in [0.05, 0.1) is 5.69 Å². The largest absolute Gasteiger partial charge is 0.374 e. The number of nitrogens with zero attached hydrogens (tertiary/aromatic N) is 9. The van der Waals surface area contributed by atoms with Gasteiger partial charge >= 0.3 is 11.8 Å². The molecule has 0 aliphatic carbocycles. The van der Waals surface area contributed by atoms with Crippen molar-refractivity contribution in [1.29, 1.82) is 0 Å². The summed E-state index contributed by atoms with van der Waals surface area (Å²) in [5.74, 6) is 0.504. The van der Waals surface area contributed by atoms with E-state index < -0.39 is 11.7 Å². The SMILES string of the molecule is CC1CN(CC2CCN(c3ccc(N(C)CCC(=O)NC=O)cc3)CC2)CCN1c1ccc(-c2cc3c(-c4ccc(CNC(=O)c5nc(C(C)(C)C)no5)c(F)c4)ncnc3[nH]2)cn1. The summed E-state index contributed by atoms with van der Waals surface area (Å²) in [5.41, 5.74) is 5.70. The molecular formula is C47H55FN12O4. The van der Waals surface area contributed by atoms with E-state index in [-0.39, 0.29) is 30.2 Å². The number of hydrogen-bond donors (Lipinski definition) is 3. The predicted octanol–water partition coefficient (Wildman–Crippen LogP) is 5.96. The van der Waals surface area contributed by atoms with Crippen LogP contribution in [0.25, 0.3) is 33.5 Å². The van der Waals surface area contributed by atoms with Gasteiger partial charge in [-0.25, -0.2) is 19.3 Å². The van der Waals surface area contributed by atoms with E-state index in [4.69, 9.17) is 9.51 Å². The van der Waals surface area contributed by atoms with Crippen LogP contribution < -0.4 is 25.3 Å². The summed E-state index contributed by atoms with van der Waals surface area (Å²) in [7, 11) is 1.95. The van der Waals surface area contributed by atoms with Gasteiger partial charge < -0.3 is 29.5 Å². The molecule has 0 radical (unpaired) electrons. The summed E-state index contributed by atoms with van der Waals surface area (Å²) in [4.78, 5) is 65.7. The van der Waals surface area contributed by atoms with Crippen molar-refractivity contribution in [3.8, 4) is 22.5 Å². The van der Waals surface area contributed by atoms with Crippen LogP contribution in [0.5, 0.6) is 0 Å². The second-order valence-corrected chi connectivity index (χ2v) is 17.8. The number of carbonyl (C=O) groups excluding carboxylic acids is 3. The zero-order chi connectivity index (χ0) is 45.0. The minimum Gasteiger partial charge on any atom is -0.374 e. The highest BCUT2D eigenvalue weighted by atomic mass is 19.1. The number of H-pyrrole nitrogens is 1. The van der Waals surface area contributed by atoms with E-state index in [1.165, 1.54) is 18.1 Å². The van der Waals surface area contributed by atoms with Gasteiger partial charge in [0, 0.05) is 123 Å². The van der Waals surface area contributed by atoms with E-state index in [1.807, 2.05) is 45.0 Å². The molecule has 2 aromatic carbocycles. The number of piperidine rings is 1. The lowest BCUT2D eigenvalue weighted by atomic mass is 9.95. The molecule has 16 nitrogen and oxygen atoms in total. The number of amides is 3. The lowest BCUT2D eigenvalue weighted by Crippen LogP contribution is -2.53. The first-order valence-corrected chi connectivity index (χ1v) is 21.8. The van der Waals surface area contributed by atoms with Crippen LogP contribution in [0.15, 0.2) is 77.7 Å². The molecule has 1 atom stereocenters. The molecule has 8 rings (SSSR count). The summed E-state index contributed by atoms with van der Waals surface area (Å²) in [6.07, 6.45) is 6.33. The van der Waals surface area contributed by atoms with Crippen molar-refractivity contribution < 1.29 is 23.3 Å². The monoisotopic (exact) mass is 870 g/mol. The Morgan fingerprint density at radius 2 is 1.77 bits per heavy atom. The third kappa shape index (κ3) is 10.0. The molecule has 2 saturated heterocycles. The van der Waals surface area contributed by atoms with E-state index in [2.05, 4.69) is 93.7 Å². The maximum Gasteiger partial charge on any atom is 0.315 e. The second kappa shape index (κ2) is 18.9. The number of imide groups is 1. The van der Waals surface area contributed by atoms with Gasteiger partial charge in [-0.1, -0.05) is 38.1 Å². The Hall–Kier alpha value is -6.75. The average molecular weight is 871 g/mol. The molecule has 2 aliphatic rings. The van der Waals surface area contributed by atoms with Crippen LogP contribution in [-0.4, -0.2) is 112 Å². The highest BCUT2D eigenvalue weighted by Crippen LogP contribution is 2.32. The van der Waals surface area contributed by atoms with Crippen molar-refractivity contribution in [1.82, 2.24) is 45.6 Å². The van der Waals surface area contributed by atoms with Crippen LogP contribution in [-0.2, 0) is 21.5 Å². The smallest absolute Gasteiger partial charge is 0.315 e. The first kappa shape index (κ1) is 43.9. The zero-order valence-electron chi connectivity index (χ0n) is 37.0. The number of pyridine rings is 1. The summed E-state index contributed by atoms with van der Waals surface area (Å²) in [6, 6.07) is 19.7.